The first-order chi connectivity index (χ1) is 7.71. The normalized spacial score (nSPS) is 27.7. The summed E-state index contributed by atoms with van der Waals surface area (Å²) in [6.07, 6.45) is 3.74. The Morgan fingerprint density at radius 3 is 3.00 bits per heavy atom. The lowest BCUT2D eigenvalue weighted by molar-refractivity contribution is 0.370. The van der Waals surface area contributed by atoms with E-state index in [0.717, 1.165) is 12.8 Å². The highest BCUT2D eigenvalue weighted by Gasteiger charge is 2.36. The van der Waals surface area contributed by atoms with Crippen LogP contribution in [0.1, 0.15) is 30.4 Å². The van der Waals surface area contributed by atoms with Crippen LogP contribution in [0.4, 0.5) is 0 Å². The van der Waals surface area contributed by atoms with Crippen LogP contribution in [0.25, 0.3) is 10.4 Å². The molecule has 82 valence electrons. The Balaban J connectivity index is 2.52. The van der Waals surface area contributed by atoms with Crippen molar-refractivity contribution in [1.29, 1.82) is 0 Å². The Kier molecular flexibility index (Phi) is 2.71. The van der Waals surface area contributed by atoms with E-state index in [9.17, 15) is 0 Å². The van der Waals surface area contributed by atoms with Gasteiger partial charge in [0.15, 0.2) is 0 Å². The Labute approximate surface area is 95.4 Å². The zero-order valence-electron chi connectivity index (χ0n) is 9.43. The lowest BCUT2D eigenvalue weighted by Gasteiger charge is -2.37. The van der Waals surface area contributed by atoms with Gasteiger partial charge in [-0.05, 0) is 29.5 Å². The predicted molar refractivity (Wildman–Crippen MR) is 65.3 cm³/mol. The molecule has 2 rings (SSSR count). The van der Waals surface area contributed by atoms with E-state index >= 15 is 0 Å². The average Bonchev–Trinajstić information content (AvgIpc) is 2.29. The number of azide groups is 1. The zero-order chi connectivity index (χ0) is 11.6. The van der Waals surface area contributed by atoms with Gasteiger partial charge in [-0.15, -0.1) is 6.58 Å². The molecule has 0 radical (unpaired) electrons. The van der Waals surface area contributed by atoms with Crippen LogP contribution in [-0.4, -0.2) is 5.54 Å². The van der Waals surface area contributed by atoms with Crippen molar-refractivity contribution in [2.75, 3.05) is 0 Å². The number of hydrogen-bond donors (Lipinski definition) is 0. The highest BCUT2D eigenvalue weighted by atomic mass is 15.2. The van der Waals surface area contributed by atoms with E-state index in [0.29, 0.717) is 0 Å². The van der Waals surface area contributed by atoms with E-state index in [1.54, 1.807) is 0 Å². The van der Waals surface area contributed by atoms with Crippen LogP contribution in [0.5, 0.6) is 0 Å². The largest absolute Gasteiger partial charge is 0.102 e. The van der Waals surface area contributed by atoms with Gasteiger partial charge >= 0.3 is 0 Å². The number of rotatable bonds is 2. The Bertz CT molecular complexity index is 460. The summed E-state index contributed by atoms with van der Waals surface area (Å²) >= 11 is 0. The van der Waals surface area contributed by atoms with E-state index in [-0.39, 0.29) is 11.5 Å². The van der Waals surface area contributed by atoms with Gasteiger partial charge in [-0.25, -0.2) is 0 Å². The topological polar surface area (TPSA) is 48.8 Å². The number of aryl methyl sites for hydroxylation is 1. The minimum absolute atomic E-state index is 0.119. The van der Waals surface area contributed by atoms with E-state index in [1.807, 2.05) is 19.1 Å². The zero-order valence-corrected chi connectivity index (χ0v) is 9.43. The summed E-state index contributed by atoms with van der Waals surface area (Å²) in [6.45, 7) is 5.89. The van der Waals surface area contributed by atoms with Crippen LogP contribution in [-0.2, 0) is 6.42 Å². The lowest BCUT2D eigenvalue weighted by atomic mass is 9.71. The third-order valence-corrected chi connectivity index (χ3v) is 3.47. The Morgan fingerprint density at radius 1 is 1.56 bits per heavy atom. The van der Waals surface area contributed by atoms with Crippen molar-refractivity contribution in [2.24, 2.45) is 5.11 Å². The van der Waals surface area contributed by atoms with Crippen molar-refractivity contribution in [3.63, 3.8) is 0 Å². The Morgan fingerprint density at radius 2 is 2.31 bits per heavy atom. The molecule has 0 unspecified atom stereocenters. The predicted octanol–water partition coefficient (Wildman–Crippen LogP) is 3.97. The first-order valence-corrected chi connectivity index (χ1v) is 5.48. The average molecular weight is 213 g/mol. The molecule has 3 nitrogen and oxygen atoms in total. The molecule has 3 heteroatoms. The highest BCUT2D eigenvalue weighted by molar-refractivity contribution is 5.39. The second-order valence-electron chi connectivity index (χ2n) is 4.46. The summed E-state index contributed by atoms with van der Waals surface area (Å²) in [6, 6.07) is 8.32. The monoisotopic (exact) mass is 213 g/mol. The van der Waals surface area contributed by atoms with Crippen LogP contribution in [0, 0.1) is 0 Å². The molecule has 1 aromatic rings. The molecule has 0 saturated heterocycles. The highest BCUT2D eigenvalue weighted by Crippen LogP contribution is 2.42. The summed E-state index contributed by atoms with van der Waals surface area (Å²) in [4.78, 5) is 2.98. The maximum Gasteiger partial charge on any atom is 0.0566 e. The minimum atomic E-state index is -0.370. The molecule has 0 aliphatic heterocycles. The van der Waals surface area contributed by atoms with Crippen molar-refractivity contribution in [3.8, 4) is 0 Å². The summed E-state index contributed by atoms with van der Waals surface area (Å²) in [5.41, 5.74) is 10.9. The number of benzene rings is 1. The van der Waals surface area contributed by atoms with Crippen molar-refractivity contribution in [2.45, 2.75) is 31.2 Å². The maximum atomic E-state index is 8.67. The maximum absolute atomic E-state index is 8.67. The number of fused-ring (bicyclic) bond motifs is 1. The van der Waals surface area contributed by atoms with Crippen molar-refractivity contribution in [1.82, 2.24) is 0 Å². The SMILES string of the molecule is C=C[C@@H]1c2ccccc2CC[C@@]1(C)N=[N+]=[N-]. The third kappa shape index (κ3) is 1.59. The van der Waals surface area contributed by atoms with E-state index in [4.69, 9.17) is 5.53 Å². The second kappa shape index (κ2) is 4.03. The van der Waals surface area contributed by atoms with E-state index < -0.39 is 0 Å². The van der Waals surface area contributed by atoms with Crippen LogP contribution >= 0.6 is 0 Å². The van der Waals surface area contributed by atoms with Gasteiger partial charge in [0.1, 0.15) is 0 Å². The summed E-state index contributed by atoms with van der Waals surface area (Å²) in [5.74, 6) is 0.119. The molecule has 0 N–H and O–H groups in total. The van der Waals surface area contributed by atoms with E-state index in [1.165, 1.54) is 11.1 Å². The summed E-state index contributed by atoms with van der Waals surface area (Å²) in [5, 5.41) is 3.98. The van der Waals surface area contributed by atoms with Crippen LogP contribution < -0.4 is 0 Å². The standard InChI is InChI=1S/C13H15N3/c1-3-12-11-7-5-4-6-10(11)8-9-13(12,2)15-16-14/h3-7,12H,1,8-9H2,2H3/t12-,13-/m1/s1. The first-order valence-electron chi connectivity index (χ1n) is 5.48. The summed E-state index contributed by atoms with van der Waals surface area (Å²) in [7, 11) is 0. The van der Waals surface area contributed by atoms with Crippen molar-refractivity contribution in [3.05, 3.63) is 58.5 Å². The van der Waals surface area contributed by atoms with Gasteiger partial charge < -0.3 is 0 Å². The van der Waals surface area contributed by atoms with Crippen LogP contribution in [0.3, 0.4) is 0 Å². The molecule has 1 aliphatic rings. The molecule has 0 heterocycles. The number of nitrogens with zero attached hydrogens (tertiary/aromatic N) is 3. The molecule has 0 bridgehead atoms. The molecule has 0 fully saturated rings. The molecular formula is C13H15N3. The van der Waals surface area contributed by atoms with Gasteiger partial charge in [0.25, 0.3) is 0 Å². The molecule has 0 saturated carbocycles. The molecule has 1 aromatic carbocycles. The fourth-order valence-corrected chi connectivity index (χ4v) is 2.54. The molecule has 0 spiro atoms. The van der Waals surface area contributed by atoms with E-state index in [2.05, 4.69) is 34.8 Å². The molecule has 1 aliphatic carbocycles. The first kappa shape index (κ1) is 10.8. The molecular weight excluding hydrogens is 198 g/mol. The van der Waals surface area contributed by atoms with Gasteiger partial charge in [-0.1, -0.05) is 42.4 Å². The van der Waals surface area contributed by atoms with Gasteiger partial charge in [0.05, 0.1) is 5.54 Å². The molecule has 16 heavy (non-hydrogen) atoms. The Hall–Kier alpha value is -1.73. The van der Waals surface area contributed by atoms with Crippen LogP contribution in [0.15, 0.2) is 42.0 Å². The lowest BCUT2D eigenvalue weighted by Crippen LogP contribution is -2.34. The fourth-order valence-electron chi connectivity index (χ4n) is 2.54. The molecule has 2 atom stereocenters. The smallest absolute Gasteiger partial charge is 0.0566 e. The second-order valence-corrected chi connectivity index (χ2v) is 4.46. The quantitative estimate of drug-likeness (QED) is 0.309. The third-order valence-electron chi connectivity index (χ3n) is 3.47. The van der Waals surface area contributed by atoms with Gasteiger partial charge in [-0.3, -0.25) is 0 Å². The van der Waals surface area contributed by atoms with Gasteiger partial charge in [0.2, 0.25) is 0 Å². The van der Waals surface area contributed by atoms with Gasteiger partial charge in [-0.2, -0.15) is 0 Å². The summed E-state index contributed by atoms with van der Waals surface area (Å²) < 4.78 is 0. The minimum Gasteiger partial charge on any atom is -0.102 e. The van der Waals surface area contributed by atoms with Crippen molar-refractivity contribution >= 4 is 0 Å². The van der Waals surface area contributed by atoms with Crippen LogP contribution in [0.2, 0.25) is 0 Å². The van der Waals surface area contributed by atoms with Crippen molar-refractivity contribution < 1.29 is 0 Å². The molecule has 0 aromatic heterocycles. The molecule has 0 amide bonds. The van der Waals surface area contributed by atoms with Gasteiger partial charge in [0, 0.05) is 10.8 Å². The number of hydrogen-bond acceptors (Lipinski definition) is 1. The fraction of sp³-hybridized carbons (Fsp3) is 0.385.